The van der Waals surface area contributed by atoms with E-state index in [0.717, 1.165) is 53.7 Å². The summed E-state index contributed by atoms with van der Waals surface area (Å²) in [7, 11) is 0. The Labute approximate surface area is 209 Å². The Bertz CT molecular complexity index is 1070. The molecule has 0 saturated heterocycles. The average Bonchev–Trinajstić information content (AvgIpc) is 3.26. The van der Waals surface area contributed by atoms with Crippen molar-refractivity contribution in [3.8, 4) is 17.1 Å². The van der Waals surface area contributed by atoms with Crippen molar-refractivity contribution in [2.75, 3.05) is 5.75 Å². The number of halogens is 2. The molecule has 0 atom stereocenters. The van der Waals surface area contributed by atoms with E-state index in [1.807, 2.05) is 47.0 Å². The second-order valence-corrected chi connectivity index (χ2v) is 10.2. The van der Waals surface area contributed by atoms with Gasteiger partial charge < -0.3 is 5.32 Å². The van der Waals surface area contributed by atoms with Crippen molar-refractivity contribution in [1.29, 1.82) is 0 Å². The van der Waals surface area contributed by atoms with Gasteiger partial charge in [-0.3, -0.25) is 9.36 Å². The first-order chi connectivity index (χ1) is 16.1. The molecule has 0 unspecified atom stereocenters. The fourth-order valence-electron chi connectivity index (χ4n) is 4.09. The summed E-state index contributed by atoms with van der Waals surface area (Å²) >= 11 is 14.1. The molecule has 0 bridgehead atoms. The summed E-state index contributed by atoms with van der Waals surface area (Å²) in [6, 6.07) is 15.9. The topological polar surface area (TPSA) is 59.8 Å². The standard InChI is InChI=1S/C25H28Cl2N4OS/c26-21-15-14-20(17-22(21)27)31-24(18-9-3-1-4-10-18)29-30-25(31)33-16-8-7-13-23(32)28-19-11-5-2-6-12-19/h1,3-4,9-10,14-15,17,19H,2,5-8,11-13,16H2,(H,28,32). The summed E-state index contributed by atoms with van der Waals surface area (Å²) in [5, 5.41) is 13.9. The molecule has 2 aromatic carbocycles. The van der Waals surface area contributed by atoms with E-state index in [1.165, 1.54) is 19.3 Å². The first kappa shape index (κ1) is 24.1. The Morgan fingerprint density at radius 2 is 1.79 bits per heavy atom. The maximum atomic E-state index is 12.2. The third-order valence-corrected chi connectivity index (χ3v) is 7.58. The first-order valence-electron chi connectivity index (χ1n) is 11.5. The van der Waals surface area contributed by atoms with E-state index in [2.05, 4.69) is 15.5 Å². The molecule has 0 spiro atoms. The quantitative estimate of drug-likeness (QED) is 0.254. The van der Waals surface area contributed by atoms with Gasteiger partial charge in [0.1, 0.15) is 0 Å². The summed E-state index contributed by atoms with van der Waals surface area (Å²) in [6.07, 6.45) is 8.35. The lowest BCUT2D eigenvalue weighted by Gasteiger charge is -2.22. The van der Waals surface area contributed by atoms with Gasteiger partial charge in [0.15, 0.2) is 11.0 Å². The van der Waals surface area contributed by atoms with Crippen LogP contribution in [0.5, 0.6) is 0 Å². The lowest BCUT2D eigenvalue weighted by atomic mass is 9.95. The number of unbranched alkanes of at least 4 members (excludes halogenated alkanes) is 1. The van der Waals surface area contributed by atoms with Gasteiger partial charge in [-0.05, 0) is 43.9 Å². The van der Waals surface area contributed by atoms with Crippen LogP contribution in [0.3, 0.4) is 0 Å². The molecular formula is C25H28Cl2N4OS. The summed E-state index contributed by atoms with van der Waals surface area (Å²) in [4.78, 5) is 12.2. The summed E-state index contributed by atoms with van der Waals surface area (Å²) in [5.41, 5.74) is 1.84. The van der Waals surface area contributed by atoms with Crippen LogP contribution in [0.25, 0.3) is 17.1 Å². The third kappa shape index (κ3) is 6.52. The monoisotopic (exact) mass is 502 g/mol. The van der Waals surface area contributed by atoms with Crippen molar-refractivity contribution in [2.45, 2.75) is 62.6 Å². The zero-order valence-corrected chi connectivity index (χ0v) is 20.8. The Balaban J connectivity index is 1.38. The number of benzene rings is 2. The molecule has 0 radical (unpaired) electrons. The number of hydrogen-bond donors (Lipinski definition) is 1. The molecule has 33 heavy (non-hydrogen) atoms. The van der Waals surface area contributed by atoms with Crippen molar-refractivity contribution in [3.63, 3.8) is 0 Å². The number of thioether (sulfide) groups is 1. The van der Waals surface area contributed by atoms with Crippen LogP contribution < -0.4 is 5.32 Å². The predicted molar refractivity (Wildman–Crippen MR) is 136 cm³/mol. The first-order valence-corrected chi connectivity index (χ1v) is 13.2. The Hall–Kier alpha value is -2.02. The zero-order chi connectivity index (χ0) is 23.0. The molecule has 4 rings (SSSR count). The van der Waals surface area contributed by atoms with Crippen LogP contribution in [-0.4, -0.2) is 32.5 Å². The number of nitrogens with one attached hydrogen (secondary N) is 1. The highest BCUT2D eigenvalue weighted by Gasteiger charge is 2.18. The highest BCUT2D eigenvalue weighted by molar-refractivity contribution is 7.99. The lowest BCUT2D eigenvalue weighted by molar-refractivity contribution is -0.122. The number of carbonyl (C=O) groups is 1. The van der Waals surface area contributed by atoms with Crippen molar-refractivity contribution in [2.24, 2.45) is 0 Å². The molecule has 1 amide bonds. The molecule has 8 heteroatoms. The molecule has 1 fully saturated rings. The minimum absolute atomic E-state index is 0.178. The second kappa shape index (κ2) is 11.9. The number of hydrogen-bond acceptors (Lipinski definition) is 4. The largest absolute Gasteiger partial charge is 0.353 e. The molecule has 1 heterocycles. The van der Waals surface area contributed by atoms with Crippen molar-refractivity contribution >= 4 is 40.9 Å². The zero-order valence-electron chi connectivity index (χ0n) is 18.5. The Kier molecular flexibility index (Phi) is 8.70. The molecule has 1 N–H and O–H groups in total. The predicted octanol–water partition coefficient (Wildman–Crippen LogP) is 6.95. The van der Waals surface area contributed by atoms with Crippen molar-refractivity contribution in [1.82, 2.24) is 20.1 Å². The molecule has 5 nitrogen and oxygen atoms in total. The molecule has 3 aromatic rings. The number of amides is 1. The fourth-order valence-corrected chi connectivity index (χ4v) is 5.34. The van der Waals surface area contributed by atoms with Crippen molar-refractivity contribution in [3.05, 3.63) is 58.6 Å². The molecule has 1 aliphatic rings. The minimum atomic E-state index is 0.178. The maximum Gasteiger partial charge on any atom is 0.220 e. The van der Waals surface area contributed by atoms with Gasteiger partial charge in [0.05, 0.1) is 15.7 Å². The van der Waals surface area contributed by atoms with Crippen LogP contribution in [0.2, 0.25) is 10.0 Å². The van der Waals surface area contributed by atoms with Crippen molar-refractivity contribution < 1.29 is 4.79 Å². The summed E-state index contributed by atoms with van der Waals surface area (Å²) in [6.45, 7) is 0. The van der Waals surface area contributed by atoms with Gasteiger partial charge in [-0.15, -0.1) is 10.2 Å². The smallest absolute Gasteiger partial charge is 0.220 e. The number of aromatic nitrogens is 3. The Morgan fingerprint density at radius 1 is 1.00 bits per heavy atom. The number of rotatable bonds is 9. The van der Waals surface area contributed by atoms with Crippen LogP contribution >= 0.6 is 35.0 Å². The van der Waals surface area contributed by atoms with Gasteiger partial charge >= 0.3 is 0 Å². The van der Waals surface area contributed by atoms with E-state index in [4.69, 9.17) is 23.2 Å². The highest BCUT2D eigenvalue weighted by atomic mass is 35.5. The Morgan fingerprint density at radius 3 is 2.55 bits per heavy atom. The highest BCUT2D eigenvalue weighted by Crippen LogP contribution is 2.31. The summed E-state index contributed by atoms with van der Waals surface area (Å²) in [5.74, 6) is 1.78. The van der Waals surface area contributed by atoms with Crippen LogP contribution in [-0.2, 0) is 4.79 Å². The van der Waals surface area contributed by atoms with Crippen LogP contribution in [0.4, 0.5) is 0 Å². The van der Waals surface area contributed by atoms with Crippen LogP contribution in [0, 0.1) is 0 Å². The minimum Gasteiger partial charge on any atom is -0.353 e. The molecule has 174 valence electrons. The fraction of sp³-hybridized carbons (Fsp3) is 0.400. The van der Waals surface area contributed by atoms with Gasteiger partial charge in [-0.1, -0.05) is 84.6 Å². The van der Waals surface area contributed by atoms with E-state index >= 15 is 0 Å². The third-order valence-electron chi connectivity index (χ3n) is 5.83. The molecule has 0 aliphatic heterocycles. The normalized spacial score (nSPS) is 14.4. The SMILES string of the molecule is O=C(CCCCSc1nnc(-c2ccccc2)n1-c1ccc(Cl)c(Cl)c1)NC1CCCCC1. The van der Waals surface area contributed by atoms with Gasteiger partial charge in [0, 0.05) is 23.8 Å². The van der Waals surface area contributed by atoms with Gasteiger partial charge in [-0.2, -0.15) is 0 Å². The molecule has 1 aliphatic carbocycles. The van der Waals surface area contributed by atoms with E-state index in [1.54, 1.807) is 17.8 Å². The average molecular weight is 503 g/mol. The van der Waals surface area contributed by atoms with Gasteiger partial charge in [-0.25, -0.2) is 0 Å². The van der Waals surface area contributed by atoms with E-state index < -0.39 is 0 Å². The lowest BCUT2D eigenvalue weighted by Crippen LogP contribution is -2.35. The van der Waals surface area contributed by atoms with E-state index in [9.17, 15) is 4.79 Å². The van der Waals surface area contributed by atoms with Gasteiger partial charge in [0.25, 0.3) is 0 Å². The van der Waals surface area contributed by atoms with Gasteiger partial charge in [0.2, 0.25) is 5.91 Å². The summed E-state index contributed by atoms with van der Waals surface area (Å²) < 4.78 is 2.01. The molecule has 1 saturated carbocycles. The number of carbonyl (C=O) groups excluding carboxylic acids is 1. The number of nitrogens with zero attached hydrogens (tertiary/aromatic N) is 3. The molecule has 1 aromatic heterocycles. The second-order valence-electron chi connectivity index (χ2n) is 8.31. The maximum absolute atomic E-state index is 12.2. The van der Waals surface area contributed by atoms with Crippen LogP contribution in [0.1, 0.15) is 51.4 Å². The van der Waals surface area contributed by atoms with E-state index in [0.29, 0.717) is 22.5 Å². The molecular weight excluding hydrogens is 475 g/mol. The van der Waals surface area contributed by atoms with E-state index in [-0.39, 0.29) is 5.91 Å². The van der Waals surface area contributed by atoms with Crippen LogP contribution in [0.15, 0.2) is 53.7 Å².